The van der Waals surface area contributed by atoms with Gasteiger partial charge in [-0.25, -0.2) is 4.79 Å². The van der Waals surface area contributed by atoms with Crippen LogP contribution < -0.4 is 10.1 Å². The van der Waals surface area contributed by atoms with Gasteiger partial charge < -0.3 is 24.6 Å². The molecule has 1 fully saturated rings. The van der Waals surface area contributed by atoms with Gasteiger partial charge in [-0.15, -0.1) is 0 Å². The van der Waals surface area contributed by atoms with Crippen molar-refractivity contribution in [3.8, 4) is 5.75 Å². The highest BCUT2D eigenvalue weighted by molar-refractivity contribution is 5.78. The highest BCUT2D eigenvalue weighted by Crippen LogP contribution is 2.13. The molecule has 0 aliphatic carbocycles. The second-order valence-electron chi connectivity index (χ2n) is 6.52. The second-order valence-corrected chi connectivity index (χ2v) is 6.52. The molecule has 0 saturated carbocycles. The molecule has 1 aliphatic rings. The van der Waals surface area contributed by atoms with E-state index in [1.54, 1.807) is 19.1 Å². The predicted molar refractivity (Wildman–Crippen MR) is 99.3 cm³/mol. The molecule has 1 N–H and O–H groups in total. The Morgan fingerprint density at radius 2 is 1.69 bits per heavy atom. The summed E-state index contributed by atoms with van der Waals surface area (Å²) in [4.78, 5) is 28.2. The van der Waals surface area contributed by atoms with Crippen LogP contribution in [0.4, 0.5) is 4.79 Å². The molecule has 1 aromatic rings. The van der Waals surface area contributed by atoms with Crippen molar-refractivity contribution in [1.29, 1.82) is 0 Å². The number of rotatable bonds is 7. The Bertz CT molecular complexity index is 583. The van der Waals surface area contributed by atoms with Crippen LogP contribution >= 0.6 is 0 Å². The summed E-state index contributed by atoms with van der Waals surface area (Å²) in [6.07, 6.45) is 1.18. The maximum Gasteiger partial charge on any atom is 0.317 e. The number of amides is 3. The van der Waals surface area contributed by atoms with Crippen molar-refractivity contribution in [3.63, 3.8) is 0 Å². The number of benzene rings is 1. The van der Waals surface area contributed by atoms with Crippen molar-refractivity contribution >= 4 is 11.9 Å². The van der Waals surface area contributed by atoms with Crippen LogP contribution in [0.25, 0.3) is 0 Å². The number of methoxy groups -OCH3 is 2. The highest BCUT2D eigenvalue weighted by atomic mass is 16.5. The van der Waals surface area contributed by atoms with Crippen molar-refractivity contribution in [2.75, 3.05) is 47.0 Å². The van der Waals surface area contributed by atoms with Crippen LogP contribution in [0, 0.1) is 0 Å². The van der Waals surface area contributed by atoms with Crippen molar-refractivity contribution in [1.82, 2.24) is 15.1 Å². The first kappa shape index (κ1) is 20.0. The van der Waals surface area contributed by atoms with Crippen molar-refractivity contribution in [3.05, 3.63) is 29.8 Å². The van der Waals surface area contributed by atoms with Gasteiger partial charge in [0, 0.05) is 39.7 Å². The smallest absolute Gasteiger partial charge is 0.317 e. The molecule has 1 aliphatic heterocycles. The normalized spacial score (nSPS) is 15.5. The van der Waals surface area contributed by atoms with Gasteiger partial charge in [0.1, 0.15) is 5.75 Å². The molecular weight excluding hydrogens is 334 g/mol. The maximum absolute atomic E-state index is 12.4. The first-order chi connectivity index (χ1) is 12.5. The fourth-order valence-electron chi connectivity index (χ4n) is 2.95. The molecule has 26 heavy (non-hydrogen) atoms. The first-order valence-corrected chi connectivity index (χ1v) is 8.98. The number of aryl methyl sites for hydroxylation is 1. The van der Waals surface area contributed by atoms with Gasteiger partial charge in [-0.05, 0) is 31.0 Å². The first-order valence-electron chi connectivity index (χ1n) is 8.98. The third-order valence-corrected chi connectivity index (χ3v) is 4.49. The van der Waals surface area contributed by atoms with Crippen LogP contribution in [-0.2, 0) is 16.0 Å². The van der Waals surface area contributed by atoms with Crippen LogP contribution in [0.1, 0.15) is 18.9 Å². The van der Waals surface area contributed by atoms with Crippen LogP contribution in [-0.4, -0.2) is 74.8 Å². The highest BCUT2D eigenvalue weighted by Gasteiger charge is 2.24. The Morgan fingerprint density at radius 1 is 1.08 bits per heavy atom. The molecule has 3 amide bonds. The van der Waals surface area contributed by atoms with Gasteiger partial charge in [-0.2, -0.15) is 0 Å². The zero-order valence-corrected chi connectivity index (χ0v) is 15.9. The number of hydrogen-bond acceptors (Lipinski definition) is 4. The summed E-state index contributed by atoms with van der Waals surface area (Å²) >= 11 is 0. The molecule has 144 valence electrons. The van der Waals surface area contributed by atoms with E-state index in [0.29, 0.717) is 45.6 Å². The van der Waals surface area contributed by atoms with Crippen LogP contribution in [0.5, 0.6) is 5.75 Å². The van der Waals surface area contributed by atoms with Crippen molar-refractivity contribution in [2.24, 2.45) is 0 Å². The van der Waals surface area contributed by atoms with E-state index in [4.69, 9.17) is 9.47 Å². The van der Waals surface area contributed by atoms with Gasteiger partial charge in [-0.3, -0.25) is 4.79 Å². The van der Waals surface area contributed by atoms with Crippen molar-refractivity contribution in [2.45, 2.75) is 25.8 Å². The average Bonchev–Trinajstić information content (AvgIpc) is 2.66. The summed E-state index contributed by atoms with van der Waals surface area (Å²) in [5, 5.41) is 2.90. The van der Waals surface area contributed by atoms with Gasteiger partial charge in [0.2, 0.25) is 5.91 Å². The fourth-order valence-corrected chi connectivity index (χ4v) is 2.95. The molecule has 1 aromatic carbocycles. The fraction of sp³-hybridized carbons (Fsp3) is 0.579. The van der Waals surface area contributed by atoms with Crippen molar-refractivity contribution < 1.29 is 19.1 Å². The number of piperazine rings is 1. The molecule has 1 unspecified atom stereocenters. The Hall–Kier alpha value is -2.28. The number of nitrogens with zero attached hydrogens (tertiary/aromatic N) is 2. The lowest BCUT2D eigenvalue weighted by Gasteiger charge is -2.35. The Balaban J connectivity index is 1.72. The van der Waals surface area contributed by atoms with Crippen LogP contribution in [0.3, 0.4) is 0 Å². The minimum absolute atomic E-state index is 0.0309. The summed E-state index contributed by atoms with van der Waals surface area (Å²) in [6.45, 7) is 4.65. The topological polar surface area (TPSA) is 71.1 Å². The zero-order valence-electron chi connectivity index (χ0n) is 15.9. The van der Waals surface area contributed by atoms with E-state index in [1.165, 1.54) is 0 Å². The quantitative estimate of drug-likeness (QED) is 0.797. The molecule has 0 radical (unpaired) electrons. The molecule has 2 rings (SSSR count). The Labute approximate surface area is 155 Å². The number of carbonyl (C=O) groups is 2. The number of nitrogens with one attached hydrogen (secondary N) is 1. The van der Waals surface area contributed by atoms with Crippen LogP contribution in [0.2, 0.25) is 0 Å². The monoisotopic (exact) mass is 363 g/mol. The summed E-state index contributed by atoms with van der Waals surface area (Å²) in [5.41, 5.74) is 1.12. The number of carbonyl (C=O) groups excluding carboxylic acids is 2. The summed E-state index contributed by atoms with van der Waals surface area (Å²) in [6, 6.07) is 7.64. The minimum Gasteiger partial charge on any atom is -0.497 e. The maximum atomic E-state index is 12.4. The third kappa shape index (κ3) is 5.91. The lowest BCUT2D eigenvalue weighted by atomic mass is 10.1. The standard InChI is InChI=1S/C19H29N3O4/c1-15(14-25-2)20-19(24)22-12-10-21(11-13-22)18(23)9-6-16-4-7-17(26-3)8-5-16/h4-5,7-8,15H,6,9-14H2,1-3H3,(H,20,24). The SMILES string of the molecule is COCC(C)NC(=O)N1CCN(C(=O)CCc2ccc(OC)cc2)CC1. The van der Waals surface area contributed by atoms with E-state index in [0.717, 1.165) is 11.3 Å². The summed E-state index contributed by atoms with van der Waals surface area (Å²) < 4.78 is 10.2. The van der Waals surface area contributed by atoms with E-state index in [9.17, 15) is 9.59 Å². The lowest BCUT2D eigenvalue weighted by molar-refractivity contribution is -0.132. The Morgan fingerprint density at radius 3 is 2.27 bits per heavy atom. The van der Waals surface area contributed by atoms with E-state index in [1.807, 2.05) is 36.1 Å². The molecule has 1 atom stereocenters. The molecule has 1 heterocycles. The number of ether oxygens (including phenoxy) is 2. The summed E-state index contributed by atoms with van der Waals surface area (Å²) in [7, 11) is 3.25. The van der Waals surface area contributed by atoms with Gasteiger partial charge in [0.15, 0.2) is 0 Å². The molecule has 7 heteroatoms. The molecule has 0 bridgehead atoms. The lowest BCUT2D eigenvalue weighted by Crippen LogP contribution is -2.54. The van der Waals surface area contributed by atoms with Gasteiger partial charge in [0.05, 0.1) is 19.8 Å². The number of hydrogen-bond donors (Lipinski definition) is 1. The largest absolute Gasteiger partial charge is 0.497 e. The van der Waals surface area contributed by atoms with E-state index in [2.05, 4.69) is 5.32 Å². The van der Waals surface area contributed by atoms with Gasteiger partial charge >= 0.3 is 6.03 Å². The molecule has 0 aromatic heterocycles. The molecule has 7 nitrogen and oxygen atoms in total. The van der Waals surface area contributed by atoms with E-state index >= 15 is 0 Å². The summed E-state index contributed by atoms with van der Waals surface area (Å²) in [5.74, 6) is 0.947. The van der Waals surface area contributed by atoms with E-state index < -0.39 is 0 Å². The molecule has 1 saturated heterocycles. The minimum atomic E-state index is -0.0973. The van der Waals surface area contributed by atoms with Crippen LogP contribution in [0.15, 0.2) is 24.3 Å². The molecular formula is C19H29N3O4. The van der Waals surface area contributed by atoms with E-state index in [-0.39, 0.29) is 18.0 Å². The van der Waals surface area contributed by atoms with Gasteiger partial charge in [-0.1, -0.05) is 12.1 Å². The number of urea groups is 1. The second kappa shape index (κ2) is 10.0. The Kier molecular flexibility index (Phi) is 7.72. The van der Waals surface area contributed by atoms with Gasteiger partial charge in [0.25, 0.3) is 0 Å². The third-order valence-electron chi connectivity index (χ3n) is 4.49. The predicted octanol–water partition coefficient (Wildman–Crippen LogP) is 1.52. The average molecular weight is 363 g/mol. The molecule has 0 spiro atoms. The zero-order chi connectivity index (χ0) is 18.9.